The maximum atomic E-state index is 13.0. The van der Waals surface area contributed by atoms with Crippen molar-refractivity contribution in [3.05, 3.63) is 42.5 Å². The van der Waals surface area contributed by atoms with Gasteiger partial charge in [-0.15, -0.1) is 11.8 Å². The van der Waals surface area contributed by atoms with Gasteiger partial charge in [-0.3, -0.25) is 9.69 Å². The van der Waals surface area contributed by atoms with E-state index in [-0.39, 0.29) is 12.5 Å². The van der Waals surface area contributed by atoms with Gasteiger partial charge in [0, 0.05) is 18.0 Å². The van der Waals surface area contributed by atoms with Crippen molar-refractivity contribution in [3.8, 4) is 11.5 Å². The molecule has 0 spiro atoms. The summed E-state index contributed by atoms with van der Waals surface area (Å²) >= 11 is 3.22. The van der Waals surface area contributed by atoms with Crippen molar-refractivity contribution in [2.75, 3.05) is 52.1 Å². The number of thioether (sulfide) groups is 1. The maximum absolute atomic E-state index is 13.0. The van der Waals surface area contributed by atoms with Crippen LogP contribution in [0.1, 0.15) is 0 Å². The van der Waals surface area contributed by atoms with Crippen LogP contribution in [0.2, 0.25) is 0 Å². The number of rotatable bonds is 9. The Bertz CT molecular complexity index is 975. The second kappa shape index (κ2) is 9.96. The Morgan fingerprint density at radius 3 is 2.59 bits per heavy atom. The lowest BCUT2D eigenvalue weighted by Gasteiger charge is -2.22. The predicted octanol–water partition coefficient (Wildman–Crippen LogP) is 4.00. The molecule has 0 aliphatic rings. The van der Waals surface area contributed by atoms with E-state index in [1.165, 1.54) is 16.2 Å². The number of amides is 1. The number of methoxy groups -OCH3 is 1. The topological polar surface area (TPSA) is 54.9 Å². The molecular weight excluding hydrogens is 406 g/mol. The van der Waals surface area contributed by atoms with Crippen LogP contribution >= 0.6 is 23.1 Å². The number of ether oxygens (including phenoxy) is 2. The van der Waals surface area contributed by atoms with Gasteiger partial charge >= 0.3 is 0 Å². The number of para-hydroxylation sites is 2. The molecule has 1 amide bonds. The molecule has 0 radical (unpaired) electrons. The average Bonchev–Trinajstić information content (AvgIpc) is 3.15. The van der Waals surface area contributed by atoms with Crippen LogP contribution in [0, 0.1) is 0 Å². The van der Waals surface area contributed by atoms with Crippen molar-refractivity contribution in [1.29, 1.82) is 0 Å². The molecule has 1 aromatic heterocycles. The molecule has 0 aliphatic heterocycles. The van der Waals surface area contributed by atoms with Crippen LogP contribution < -0.4 is 14.4 Å². The van der Waals surface area contributed by atoms with Crippen LogP contribution in [0.15, 0.2) is 47.4 Å². The molecule has 6 nitrogen and oxygen atoms in total. The molecule has 0 saturated carbocycles. The third kappa shape index (κ3) is 5.41. The fourth-order valence-corrected chi connectivity index (χ4v) is 4.28. The summed E-state index contributed by atoms with van der Waals surface area (Å²) < 4.78 is 12.1. The van der Waals surface area contributed by atoms with Crippen LogP contribution in [0.25, 0.3) is 10.2 Å². The Hall–Kier alpha value is -2.29. The van der Waals surface area contributed by atoms with Crippen LogP contribution in [0.3, 0.4) is 0 Å². The zero-order chi connectivity index (χ0) is 20.8. The number of nitrogens with zero attached hydrogens (tertiary/aromatic N) is 3. The molecule has 29 heavy (non-hydrogen) atoms. The Balaban J connectivity index is 1.81. The van der Waals surface area contributed by atoms with Gasteiger partial charge in [-0.25, -0.2) is 4.98 Å². The van der Waals surface area contributed by atoms with E-state index in [1.54, 1.807) is 35.9 Å². The molecule has 0 aliphatic carbocycles. The van der Waals surface area contributed by atoms with Gasteiger partial charge in [0.05, 0.1) is 17.3 Å². The number of carbonyl (C=O) groups is 1. The summed E-state index contributed by atoms with van der Waals surface area (Å²) in [6.07, 6.45) is 2.05. The van der Waals surface area contributed by atoms with Crippen LogP contribution in [0.4, 0.5) is 5.13 Å². The lowest BCUT2D eigenvalue weighted by Crippen LogP contribution is -2.39. The molecule has 3 aromatic rings. The second-order valence-electron chi connectivity index (χ2n) is 6.62. The number of hydrogen-bond acceptors (Lipinski definition) is 7. The smallest absolute Gasteiger partial charge is 0.266 e. The van der Waals surface area contributed by atoms with E-state index >= 15 is 0 Å². The number of aromatic nitrogens is 1. The number of benzene rings is 2. The van der Waals surface area contributed by atoms with Crippen molar-refractivity contribution in [2.45, 2.75) is 4.90 Å². The molecule has 3 rings (SSSR count). The molecule has 0 N–H and O–H groups in total. The number of carbonyl (C=O) groups excluding carboxylic acids is 1. The lowest BCUT2D eigenvalue weighted by atomic mass is 10.3. The number of likely N-dealkylation sites (N-methyl/N-ethyl adjacent to an activating group) is 1. The minimum absolute atomic E-state index is 0.0835. The van der Waals surface area contributed by atoms with Crippen molar-refractivity contribution in [1.82, 2.24) is 9.88 Å². The van der Waals surface area contributed by atoms with Gasteiger partial charge in [0.25, 0.3) is 5.91 Å². The minimum atomic E-state index is -0.137. The second-order valence-corrected chi connectivity index (χ2v) is 8.51. The third-order valence-electron chi connectivity index (χ3n) is 4.31. The quantitative estimate of drug-likeness (QED) is 0.478. The van der Waals surface area contributed by atoms with Gasteiger partial charge in [0.2, 0.25) is 0 Å². The van der Waals surface area contributed by atoms with Gasteiger partial charge in [0.1, 0.15) is 0 Å². The highest BCUT2D eigenvalue weighted by Gasteiger charge is 2.21. The fraction of sp³-hybridized carbons (Fsp3) is 0.333. The third-order valence-corrected chi connectivity index (χ3v) is 6.07. The molecule has 1 heterocycles. The summed E-state index contributed by atoms with van der Waals surface area (Å²) in [7, 11) is 5.55. The summed E-state index contributed by atoms with van der Waals surface area (Å²) in [5.74, 6) is 1.01. The Morgan fingerprint density at radius 1 is 1.14 bits per heavy atom. The SMILES string of the molecule is COc1ccccc1OCC(=O)N(CCN(C)C)c1nc2ccc(SC)cc2s1. The van der Waals surface area contributed by atoms with Gasteiger partial charge in [0.15, 0.2) is 23.2 Å². The van der Waals surface area contributed by atoms with E-state index in [0.29, 0.717) is 23.2 Å². The molecule has 154 valence electrons. The van der Waals surface area contributed by atoms with Crippen molar-refractivity contribution in [2.24, 2.45) is 0 Å². The summed E-state index contributed by atoms with van der Waals surface area (Å²) in [6.45, 7) is 1.18. The standard InChI is InChI=1S/C21H25N3O3S2/c1-23(2)11-12-24(20(25)14-27-18-8-6-5-7-17(18)26-3)21-22-16-10-9-15(28-4)13-19(16)29-21/h5-10,13H,11-12,14H2,1-4H3. The first-order valence-corrected chi connectivity index (χ1v) is 11.2. The highest BCUT2D eigenvalue weighted by Crippen LogP contribution is 2.32. The van der Waals surface area contributed by atoms with Crippen molar-refractivity contribution < 1.29 is 14.3 Å². The molecule has 0 saturated heterocycles. The van der Waals surface area contributed by atoms with Gasteiger partial charge in [-0.05, 0) is 50.7 Å². The monoisotopic (exact) mass is 431 g/mol. The first-order chi connectivity index (χ1) is 14.0. The molecule has 2 aromatic carbocycles. The average molecular weight is 432 g/mol. The predicted molar refractivity (Wildman–Crippen MR) is 121 cm³/mol. The number of anilines is 1. The molecule has 0 bridgehead atoms. The van der Waals surface area contributed by atoms with Crippen LogP contribution in [-0.4, -0.2) is 62.9 Å². The molecule has 0 fully saturated rings. The van der Waals surface area contributed by atoms with Gasteiger partial charge in [-0.2, -0.15) is 0 Å². The molecule has 8 heteroatoms. The fourth-order valence-electron chi connectivity index (χ4n) is 2.72. The molecular formula is C21H25N3O3S2. The van der Waals surface area contributed by atoms with E-state index in [2.05, 4.69) is 6.07 Å². The normalized spacial score (nSPS) is 11.1. The van der Waals surface area contributed by atoms with E-state index in [1.807, 2.05) is 49.5 Å². The van der Waals surface area contributed by atoms with E-state index < -0.39 is 0 Å². The van der Waals surface area contributed by atoms with Gasteiger partial charge in [-0.1, -0.05) is 23.5 Å². The summed E-state index contributed by atoms with van der Waals surface area (Å²) in [6, 6.07) is 13.5. The lowest BCUT2D eigenvalue weighted by molar-refractivity contribution is -0.120. The number of thiazole rings is 1. The van der Waals surface area contributed by atoms with E-state index in [4.69, 9.17) is 14.5 Å². The Kier molecular flexibility index (Phi) is 7.35. The van der Waals surface area contributed by atoms with E-state index in [9.17, 15) is 4.79 Å². The summed E-state index contributed by atoms with van der Waals surface area (Å²) in [4.78, 5) is 22.7. The van der Waals surface area contributed by atoms with Crippen molar-refractivity contribution >= 4 is 44.4 Å². The zero-order valence-electron chi connectivity index (χ0n) is 17.0. The number of fused-ring (bicyclic) bond motifs is 1. The maximum Gasteiger partial charge on any atom is 0.266 e. The van der Waals surface area contributed by atoms with Crippen LogP contribution in [-0.2, 0) is 4.79 Å². The largest absolute Gasteiger partial charge is 0.493 e. The number of hydrogen-bond donors (Lipinski definition) is 0. The molecule has 0 atom stereocenters. The Labute approximate surface area is 179 Å². The van der Waals surface area contributed by atoms with E-state index in [0.717, 1.165) is 16.8 Å². The minimum Gasteiger partial charge on any atom is -0.493 e. The summed E-state index contributed by atoms with van der Waals surface area (Å²) in [5.41, 5.74) is 0.899. The van der Waals surface area contributed by atoms with Gasteiger partial charge < -0.3 is 14.4 Å². The summed E-state index contributed by atoms with van der Waals surface area (Å²) in [5, 5.41) is 0.689. The molecule has 0 unspecified atom stereocenters. The first kappa shape index (κ1) is 21.4. The van der Waals surface area contributed by atoms with Crippen molar-refractivity contribution in [3.63, 3.8) is 0 Å². The zero-order valence-corrected chi connectivity index (χ0v) is 18.7. The first-order valence-electron chi connectivity index (χ1n) is 9.17. The Morgan fingerprint density at radius 2 is 1.90 bits per heavy atom. The highest BCUT2D eigenvalue weighted by molar-refractivity contribution is 7.98. The highest BCUT2D eigenvalue weighted by atomic mass is 32.2. The van der Waals surface area contributed by atoms with Crippen LogP contribution in [0.5, 0.6) is 11.5 Å².